The van der Waals surface area contributed by atoms with Crippen LogP contribution in [-0.4, -0.2) is 28.5 Å². The molecule has 1 amide bonds. The van der Waals surface area contributed by atoms with Crippen LogP contribution in [0.3, 0.4) is 0 Å². The number of amides is 1. The Kier molecular flexibility index (Phi) is 4.61. The minimum atomic E-state index is -0.324. The van der Waals surface area contributed by atoms with E-state index in [1.807, 2.05) is 41.3 Å². The van der Waals surface area contributed by atoms with Gasteiger partial charge in [-0.15, -0.1) is 0 Å². The Bertz CT molecular complexity index is 828. The molecule has 4 rings (SSSR count). The summed E-state index contributed by atoms with van der Waals surface area (Å²) in [5.41, 5.74) is 8.22. The first kappa shape index (κ1) is 17.3. The minimum absolute atomic E-state index is 0.0409. The number of nitrogens with one attached hydrogen (secondary N) is 2. The van der Waals surface area contributed by atoms with Crippen LogP contribution in [0.1, 0.15) is 36.6 Å². The van der Waals surface area contributed by atoms with E-state index in [-0.39, 0.29) is 35.7 Å². The molecule has 6 heteroatoms. The Balaban J connectivity index is 1.79. The number of carbonyl (C=O) groups is 1. The lowest BCUT2D eigenvalue weighted by Gasteiger charge is -2.31. The van der Waals surface area contributed by atoms with E-state index in [2.05, 4.69) is 17.8 Å². The maximum atomic E-state index is 13.0. The number of likely N-dealkylation sites (tertiary alicyclic amines) is 1. The van der Waals surface area contributed by atoms with Crippen LogP contribution in [0.5, 0.6) is 5.75 Å². The number of fused-ring (bicyclic) bond motifs is 1. The first-order valence-corrected chi connectivity index (χ1v) is 9.34. The van der Waals surface area contributed by atoms with Gasteiger partial charge < -0.3 is 10.0 Å². The molecule has 4 atom stereocenters. The fraction of sp³-hybridized carbons (Fsp3) is 0.350. The zero-order valence-corrected chi connectivity index (χ0v) is 15.3. The minimum Gasteiger partial charge on any atom is -0.508 e. The maximum Gasteiger partial charge on any atom is 0.242 e. The summed E-state index contributed by atoms with van der Waals surface area (Å²) in [6.07, 6.45) is 0.886. The van der Waals surface area contributed by atoms with Crippen molar-refractivity contribution in [2.75, 3.05) is 6.54 Å². The third kappa shape index (κ3) is 2.76. The second-order valence-corrected chi connectivity index (χ2v) is 7.35. The summed E-state index contributed by atoms with van der Waals surface area (Å²) < 4.78 is 0. The average molecular weight is 372 g/mol. The lowest BCUT2D eigenvalue weighted by Crippen LogP contribution is -2.41. The van der Waals surface area contributed by atoms with Gasteiger partial charge in [0, 0.05) is 23.0 Å². The van der Waals surface area contributed by atoms with E-state index >= 15 is 0 Å². The van der Waals surface area contributed by atoms with Crippen molar-refractivity contribution in [1.29, 1.82) is 0 Å². The van der Waals surface area contributed by atoms with Gasteiger partial charge in [0.2, 0.25) is 5.91 Å². The molecule has 0 aromatic heterocycles. The molecule has 2 aliphatic rings. The Morgan fingerprint density at radius 3 is 2.62 bits per heavy atom. The molecule has 5 nitrogen and oxygen atoms in total. The van der Waals surface area contributed by atoms with Crippen LogP contribution in [0.25, 0.3) is 0 Å². The summed E-state index contributed by atoms with van der Waals surface area (Å²) in [5, 5.41) is 11.0. The Morgan fingerprint density at radius 1 is 1.12 bits per heavy atom. The van der Waals surface area contributed by atoms with E-state index in [0.29, 0.717) is 11.6 Å². The second kappa shape index (κ2) is 6.91. The standard InChI is InChI=1S/C20H22ClN3O2/c1-2-10-24-19(12-6-5-7-13(21)11-12)16-17(22-23-18(16)20(24)26)14-8-3-4-9-15(14)25/h3-9,11,16-19,22-23,25H,2,10H2,1H3. The maximum absolute atomic E-state index is 13.0. The molecule has 3 N–H and O–H groups in total. The topological polar surface area (TPSA) is 64.6 Å². The summed E-state index contributed by atoms with van der Waals surface area (Å²) in [7, 11) is 0. The van der Waals surface area contributed by atoms with Crippen LogP contribution >= 0.6 is 11.6 Å². The van der Waals surface area contributed by atoms with Gasteiger partial charge >= 0.3 is 0 Å². The van der Waals surface area contributed by atoms with Crippen molar-refractivity contribution < 1.29 is 9.90 Å². The van der Waals surface area contributed by atoms with Crippen LogP contribution in [0.15, 0.2) is 48.5 Å². The van der Waals surface area contributed by atoms with Crippen molar-refractivity contribution >= 4 is 17.5 Å². The largest absolute Gasteiger partial charge is 0.508 e. The predicted molar refractivity (Wildman–Crippen MR) is 101 cm³/mol. The van der Waals surface area contributed by atoms with Crippen LogP contribution in [0.2, 0.25) is 5.02 Å². The zero-order chi connectivity index (χ0) is 18.3. The number of para-hydroxylation sites is 1. The number of hydrogen-bond donors (Lipinski definition) is 3. The first-order valence-electron chi connectivity index (χ1n) is 8.96. The van der Waals surface area contributed by atoms with Crippen molar-refractivity contribution in [3.63, 3.8) is 0 Å². The molecule has 2 heterocycles. The van der Waals surface area contributed by atoms with Gasteiger partial charge in [-0.05, 0) is 30.2 Å². The van der Waals surface area contributed by atoms with Gasteiger partial charge in [0.15, 0.2) is 0 Å². The fourth-order valence-corrected chi connectivity index (χ4v) is 4.50. The van der Waals surface area contributed by atoms with E-state index in [1.165, 1.54) is 0 Å². The highest BCUT2D eigenvalue weighted by atomic mass is 35.5. The van der Waals surface area contributed by atoms with Crippen molar-refractivity contribution in [2.45, 2.75) is 31.5 Å². The van der Waals surface area contributed by atoms with Gasteiger partial charge in [-0.25, -0.2) is 10.9 Å². The highest BCUT2D eigenvalue weighted by Crippen LogP contribution is 2.48. The molecule has 0 radical (unpaired) electrons. The number of nitrogens with zero attached hydrogens (tertiary/aromatic N) is 1. The molecule has 0 spiro atoms. The fourth-order valence-electron chi connectivity index (χ4n) is 4.30. The molecule has 0 aliphatic carbocycles. The van der Waals surface area contributed by atoms with Gasteiger partial charge in [0.05, 0.1) is 12.1 Å². The molecule has 136 valence electrons. The van der Waals surface area contributed by atoms with E-state index < -0.39 is 0 Å². The Morgan fingerprint density at radius 2 is 1.88 bits per heavy atom. The van der Waals surface area contributed by atoms with Crippen molar-refractivity contribution in [3.8, 4) is 5.75 Å². The second-order valence-electron chi connectivity index (χ2n) is 6.91. The van der Waals surface area contributed by atoms with Crippen LogP contribution < -0.4 is 10.9 Å². The normalized spacial score (nSPS) is 27.8. The number of phenols is 1. The van der Waals surface area contributed by atoms with E-state index in [9.17, 15) is 9.90 Å². The number of rotatable bonds is 4. The van der Waals surface area contributed by atoms with Crippen molar-refractivity contribution in [3.05, 3.63) is 64.7 Å². The monoisotopic (exact) mass is 371 g/mol. The molecule has 2 aromatic carbocycles. The molecular formula is C20H22ClN3O2. The molecular weight excluding hydrogens is 350 g/mol. The van der Waals surface area contributed by atoms with E-state index in [1.54, 1.807) is 12.1 Å². The van der Waals surface area contributed by atoms with Gasteiger partial charge in [-0.1, -0.05) is 48.9 Å². The summed E-state index contributed by atoms with van der Waals surface area (Å²) in [4.78, 5) is 15.0. The summed E-state index contributed by atoms with van der Waals surface area (Å²) in [6.45, 7) is 2.76. The molecule has 0 saturated carbocycles. The lowest BCUT2D eigenvalue weighted by atomic mass is 9.83. The number of halogens is 1. The molecule has 2 aromatic rings. The molecule has 4 unspecified atom stereocenters. The molecule has 2 fully saturated rings. The lowest BCUT2D eigenvalue weighted by molar-refractivity contribution is -0.130. The Labute approximate surface area is 157 Å². The third-order valence-corrected chi connectivity index (χ3v) is 5.58. The van der Waals surface area contributed by atoms with Crippen molar-refractivity contribution in [2.24, 2.45) is 5.92 Å². The van der Waals surface area contributed by atoms with Crippen LogP contribution in [-0.2, 0) is 4.79 Å². The molecule has 2 aliphatic heterocycles. The Hall–Kier alpha value is -2.08. The number of aromatic hydroxyl groups is 1. The predicted octanol–water partition coefficient (Wildman–Crippen LogP) is 3.17. The summed E-state index contributed by atoms with van der Waals surface area (Å²) in [5.74, 6) is 0.284. The number of hydrazine groups is 1. The smallest absolute Gasteiger partial charge is 0.242 e. The number of hydrogen-bond acceptors (Lipinski definition) is 4. The van der Waals surface area contributed by atoms with Gasteiger partial charge in [0.25, 0.3) is 0 Å². The number of phenolic OH excluding ortho intramolecular Hbond substituents is 1. The van der Waals surface area contributed by atoms with Crippen LogP contribution in [0, 0.1) is 5.92 Å². The van der Waals surface area contributed by atoms with Crippen molar-refractivity contribution in [1.82, 2.24) is 15.8 Å². The van der Waals surface area contributed by atoms with Gasteiger partial charge in [-0.3, -0.25) is 4.79 Å². The van der Waals surface area contributed by atoms with E-state index in [4.69, 9.17) is 11.6 Å². The van der Waals surface area contributed by atoms with Gasteiger partial charge in [-0.2, -0.15) is 0 Å². The highest BCUT2D eigenvalue weighted by molar-refractivity contribution is 6.30. The van der Waals surface area contributed by atoms with Gasteiger partial charge in [0.1, 0.15) is 11.8 Å². The molecule has 2 saturated heterocycles. The summed E-state index contributed by atoms with van der Waals surface area (Å²) in [6, 6.07) is 14.4. The molecule has 0 bridgehead atoms. The highest BCUT2D eigenvalue weighted by Gasteiger charge is 2.55. The average Bonchev–Trinajstić information content (AvgIpc) is 3.16. The quantitative estimate of drug-likeness (QED) is 0.772. The summed E-state index contributed by atoms with van der Waals surface area (Å²) >= 11 is 6.23. The number of carbonyl (C=O) groups excluding carboxylic acids is 1. The van der Waals surface area contributed by atoms with Crippen LogP contribution in [0.4, 0.5) is 0 Å². The molecule has 26 heavy (non-hydrogen) atoms. The first-order chi connectivity index (χ1) is 12.6. The zero-order valence-electron chi connectivity index (χ0n) is 14.5. The third-order valence-electron chi connectivity index (χ3n) is 5.34. The van der Waals surface area contributed by atoms with E-state index in [0.717, 1.165) is 17.5 Å². The SMILES string of the molecule is CCCN1C(=O)C2NNC(c3ccccc3O)C2C1c1cccc(Cl)c1. The number of benzene rings is 2.